The van der Waals surface area contributed by atoms with Gasteiger partial charge in [0.25, 0.3) is 0 Å². The number of carbonyl (C=O) groups is 2. The highest BCUT2D eigenvalue weighted by Crippen LogP contribution is 2.21. The van der Waals surface area contributed by atoms with Gasteiger partial charge in [0.15, 0.2) is 0 Å². The minimum Gasteiger partial charge on any atom is -0.355 e. The van der Waals surface area contributed by atoms with E-state index in [1.807, 2.05) is 37.3 Å². The van der Waals surface area contributed by atoms with Crippen LogP contribution in [0.25, 0.3) is 0 Å². The number of rotatable bonds is 9. The average molecular weight is 419 g/mol. The third-order valence-electron chi connectivity index (χ3n) is 4.56. The summed E-state index contributed by atoms with van der Waals surface area (Å²) >= 11 is 7.83. The van der Waals surface area contributed by atoms with Crippen LogP contribution >= 0.6 is 23.4 Å². The predicted octanol–water partition coefficient (Wildman–Crippen LogP) is 4.44. The van der Waals surface area contributed by atoms with Crippen molar-refractivity contribution in [3.8, 4) is 0 Å². The molecule has 0 saturated heterocycles. The third kappa shape index (κ3) is 6.28. The Morgan fingerprint density at radius 2 is 1.75 bits per heavy atom. The number of nitrogens with one attached hydrogen (secondary N) is 1. The van der Waals surface area contributed by atoms with E-state index >= 15 is 0 Å². The number of halogens is 1. The minimum absolute atomic E-state index is 0.0720. The highest BCUT2D eigenvalue weighted by Gasteiger charge is 2.26. The molecule has 6 heteroatoms. The molecule has 0 aliphatic rings. The van der Waals surface area contributed by atoms with Crippen LogP contribution in [0.1, 0.15) is 30.5 Å². The fraction of sp³-hybridized carbons (Fsp3) is 0.364. The average Bonchev–Trinajstić information content (AvgIpc) is 2.68. The summed E-state index contributed by atoms with van der Waals surface area (Å²) in [5.41, 5.74) is 3.26. The van der Waals surface area contributed by atoms with Crippen LogP contribution in [0.4, 0.5) is 0 Å². The van der Waals surface area contributed by atoms with Crippen LogP contribution in [0.3, 0.4) is 0 Å². The van der Waals surface area contributed by atoms with Crippen LogP contribution in [-0.2, 0) is 21.9 Å². The maximum absolute atomic E-state index is 13.0. The van der Waals surface area contributed by atoms with Gasteiger partial charge in [-0.05, 0) is 43.5 Å². The number of hydrogen-bond donors (Lipinski definition) is 1. The highest BCUT2D eigenvalue weighted by molar-refractivity contribution is 7.99. The summed E-state index contributed by atoms with van der Waals surface area (Å²) in [5.74, 6) is 0.834. The first-order valence-corrected chi connectivity index (χ1v) is 10.9. The maximum Gasteiger partial charge on any atom is 0.242 e. The molecule has 0 saturated carbocycles. The molecule has 28 heavy (non-hydrogen) atoms. The fourth-order valence-corrected chi connectivity index (χ4v) is 4.00. The fourth-order valence-electron chi connectivity index (χ4n) is 2.82. The number of benzene rings is 2. The lowest BCUT2D eigenvalue weighted by atomic mass is 10.1. The molecule has 0 radical (unpaired) electrons. The minimum atomic E-state index is -0.567. The van der Waals surface area contributed by atoms with Crippen molar-refractivity contribution in [3.63, 3.8) is 0 Å². The number of carbonyl (C=O) groups excluding carboxylic acids is 2. The first-order valence-electron chi connectivity index (χ1n) is 9.36. The van der Waals surface area contributed by atoms with Crippen molar-refractivity contribution in [3.05, 3.63) is 70.2 Å². The standard InChI is InChI=1S/C22H27ClN2O2S/c1-4-24-22(27)17(3)25(13-18-10-7-8-12-20(18)23)21(26)15-28-14-19-11-6-5-9-16(19)2/h5-12,17H,4,13-15H2,1-3H3,(H,24,27)/t17-/m0/s1. The quantitative estimate of drug-likeness (QED) is 0.655. The van der Waals surface area contributed by atoms with E-state index in [0.29, 0.717) is 23.9 Å². The van der Waals surface area contributed by atoms with Crippen molar-refractivity contribution in [2.24, 2.45) is 0 Å². The smallest absolute Gasteiger partial charge is 0.242 e. The van der Waals surface area contributed by atoms with E-state index < -0.39 is 6.04 Å². The summed E-state index contributed by atoms with van der Waals surface area (Å²) < 4.78 is 0. The molecule has 0 heterocycles. The van der Waals surface area contributed by atoms with E-state index in [9.17, 15) is 9.59 Å². The topological polar surface area (TPSA) is 49.4 Å². The van der Waals surface area contributed by atoms with Crippen molar-refractivity contribution in [1.29, 1.82) is 0 Å². The Morgan fingerprint density at radius 1 is 1.11 bits per heavy atom. The number of aryl methyl sites for hydroxylation is 1. The summed E-state index contributed by atoms with van der Waals surface area (Å²) in [6, 6.07) is 15.0. The zero-order valence-electron chi connectivity index (χ0n) is 16.6. The van der Waals surface area contributed by atoms with Crippen LogP contribution in [0, 0.1) is 6.92 Å². The van der Waals surface area contributed by atoms with Crippen LogP contribution in [-0.4, -0.2) is 35.1 Å². The number of thioether (sulfide) groups is 1. The molecule has 4 nitrogen and oxygen atoms in total. The first kappa shape index (κ1) is 22.3. The molecule has 0 fully saturated rings. The lowest BCUT2D eigenvalue weighted by Gasteiger charge is -2.29. The Labute approximate surface area is 176 Å². The van der Waals surface area contributed by atoms with Crippen molar-refractivity contribution in [2.45, 2.75) is 39.1 Å². The Kier molecular flexibility index (Phi) is 8.87. The van der Waals surface area contributed by atoms with Gasteiger partial charge in [0.1, 0.15) is 6.04 Å². The van der Waals surface area contributed by atoms with Crippen LogP contribution in [0.5, 0.6) is 0 Å². The SMILES string of the molecule is CCNC(=O)[C@H](C)N(Cc1ccccc1Cl)C(=O)CSCc1ccccc1C. The van der Waals surface area contributed by atoms with Crippen molar-refractivity contribution >= 4 is 35.2 Å². The molecule has 0 aliphatic carbocycles. The number of hydrogen-bond acceptors (Lipinski definition) is 3. The van der Waals surface area contributed by atoms with Crippen LogP contribution < -0.4 is 5.32 Å². The summed E-state index contributed by atoms with van der Waals surface area (Å²) in [5, 5.41) is 3.39. The van der Waals surface area contributed by atoms with E-state index in [2.05, 4.69) is 24.4 Å². The normalized spacial score (nSPS) is 11.7. The molecule has 150 valence electrons. The maximum atomic E-state index is 13.0. The summed E-state index contributed by atoms with van der Waals surface area (Å²) in [7, 11) is 0. The summed E-state index contributed by atoms with van der Waals surface area (Å²) in [4.78, 5) is 26.9. The molecule has 1 N–H and O–H groups in total. The molecule has 0 bridgehead atoms. The van der Waals surface area contributed by atoms with E-state index in [-0.39, 0.29) is 11.8 Å². The lowest BCUT2D eigenvalue weighted by Crippen LogP contribution is -2.48. The number of likely N-dealkylation sites (N-methyl/N-ethyl adjacent to an activating group) is 1. The van der Waals surface area contributed by atoms with Gasteiger partial charge in [-0.25, -0.2) is 0 Å². The molecule has 2 aromatic carbocycles. The molecule has 0 unspecified atom stereocenters. The highest BCUT2D eigenvalue weighted by atomic mass is 35.5. The van der Waals surface area contributed by atoms with E-state index in [4.69, 9.17) is 11.6 Å². The van der Waals surface area contributed by atoms with Gasteiger partial charge < -0.3 is 10.2 Å². The molecule has 0 aliphatic heterocycles. The summed E-state index contributed by atoms with van der Waals surface area (Å²) in [6.45, 7) is 6.52. The molecule has 0 spiro atoms. The molecule has 1 atom stereocenters. The Bertz CT molecular complexity index is 813. The zero-order valence-corrected chi connectivity index (χ0v) is 18.1. The van der Waals surface area contributed by atoms with Gasteiger partial charge >= 0.3 is 0 Å². The van der Waals surface area contributed by atoms with Gasteiger partial charge in [0, 0.05) is 23.9 Å². The zero-order chi connectivity index (χ0) is 20.5. The number of amides is 2. The van der Waals surface area contributed by atoms with Gasteiger partial charge in [-0.3, -0.25) is 9.59 Å². The van der Waals surface area contributed by atoms with Gasteiger partial charge in [-0.2, -0.15) is 0 Å². The Morgan fingerprint density at radius 3 is 2.39 bits per heavy atom. The third-order valence-corrected chi connectivity index (χ3v) is 5.90. The second-order valence-electron chi connectivity index (χ2n) is 6.60. The molecule has 0 aromatic heterocycles. The van der Waals surface area contributed by atoms with Gasteiger partial charge in [0.2, 0.25) is 11.8 Å². The molecular weight excluding hydrogens is 392 g/mol. The molecular formula is C22H27ClN2O2S. The summed E-state index contributed by atoms with van der Waals surface area (Å²) in [6.07, 6.45) is 0. The van der Waals surface area contributed by atoms with E-state index in [0.717, 1.165) is 11.3 Å². The van der Waals surface area contributed by atoms with Crippen molar-refractivity contribution < 1.29 is 9.59 Å². The monoisotopic (exact) mass is 418 g/mol. The lowest BCUT2D eigenvalue weighted by molar-refractivity contribution is -0.138. The van der Waals surface area contributed by atoms with Gasteiger partial charge in [0.05, 0.1) is 5.75 Å². The second-order valence-corrected chi connectivity index (χ2v) is 8.00. The van der Waals surface area contributed by atoms with Crippen molar-refractivity contribution in [2.75, 3.05) is 12.3 Å². The first-order chi connectivity index (χ1) is 13.4. The van der Waals surface area contributed by atoms with Crippen LogP contribution in [0.15, 0.2) is 48.5 Å². The molecule has 2 rings (SSSR count). The van der Waals surface area contributed by atoms with Gasteiger partial charge in [-0.15, -0.1) is 11.8 Å². The Hall–Kier alpha value is -1.98. The molecule has 2 amide bonds. The number of nitrogens with zero attached hydrogens (tertiary/aromatic N) is 1. The Balaban J connectivity index is 2.08. The van der Waals surface area contributed by atoms with Gasteiger partial charge in [-0.1, -0.05) is 54.1 Å². The van der Waals surface area contributed by atoms with E-state index in [1.54, 1.807) is 29.7 Å². The predicted molar refractivity (Wildman–Crippen MR) is 117 cm³/mol. The van der Waals surface area contributed by atoms with Crippen LogP contribution in [0.2, 0.25) is 5.02 Å². The van der Waals surface area contributed by atoms with Crippen molar-refractivity contribution in [1.82, 2.24) is 10.2 Å². The van der Waals surface area contributed by atoms with E-state index in [1.165, 1.54) is 11.1 Å². The second kappa shape index (κ2) is 11.1. The molecule has 2 aromatic rings. The largest absolute Gasteiger partial charge is 0.355 e.